The van der Waals surface area contributed by atoms with Crippen LogP contribution in [-0.2, 0) is 118 Å². The summed E-state index contributed by atoms with van der Waals surface area (Å²) in [6, 6.07) is 14.3. The van der Waals surface area contributed by atoms with E-state index in [-0.39, 0.29) is 102 Å². The van der Waals surface area contributed by atoms with Gasteiger partial charge in [-0.3, -0.25) is 43.2 Å². The van der Waals surface area contributed by atoms with Crippen LogP contribution < -0.4 is 25.8 Å². The summed E-state index contributed by atoms with van der Waals surface area (Å²) in [6.07, 6.45) is -2.88. The van der Waals surface area contributed by atoms with Crippen LogP contribution in [0.3, 0.4) is 0 Å². The molecular formula is C68H96FN5O23S. The number of nitrogens with one attached hydrogen (secondary N) is 4. The van der Waals surface area contributed by atoms with Crippen LogP contribution in [0, 0.1) is 23.6 Å². The van der Waals surface area contributed by atoms with E-state index in [0.29, 0.717) is 81.7 Å². The van der Waals surface area contributed by atoms with Crippen LogP contribution in [0.15, 0.2) is 83.9 Å². The van der Waals surface area contributed by atoms with Gasteiger partial charge in [0.05, 0.1) is 123 Å². The Kier molecular flexibility index (Phi) is 40.7. The lowest BCUT2D eigenvalue weighted by molar-refractivity contribution is -0.147. The van der Waals surface area contributed by atoms with Crippen LogP contribution >= 0.6 is 0 Å². The number of aromatic nitrogens is 1. The first-order chi connectivity index (χ1) is 47.3. The SMILES string of the molecule is CCOCCOCCOCCOC(=O)CC[C@H](CC(=O)[C@H](Cc1c[nH]c2ccccc12)NC(=O)[C@@H](CC(=O)CNC(=O)[C@H](CCC(=O)OCCOCCOCC)CC(=O)[C@@H](CC(=O)OCCOCCOCCOCC)NS(=O)(=O)c1ccc(OC)cc1)Cc1cccc(F)c1)C(N)=O. The highest BCUT2D eigenvalue weighted by Gasteiger charge is 2.35. The van der Waals surface area contributed by atoms with E-state index in [2.05, 4.69) is 20.3 Å². The number of para-hydroxylation sites is 1. The van der Waals surface area contributed by atoms with Gasteiger partial charge < -0.3 is 78.2 Å². The van der Waals surface area contributed by atoms with Crippen molar-refractivity contribution in [2.75, 3.05) is 139 Å². The number of methoxy groups -OCH3 is 1. The summed E-state index contributed by atoms with van der Waals surface area (Å²) >= 11 is 0. The highest BCUT2D eigenvalue weighted by Crippen LogP contribution is 2.24. The largest absolute Gasteiger partial charge is 0.497 e. The Hall–Kier alpha value is -7.65. The Morgan fingerprint density at radius 1 is 0.531 bits per heavy atom. The first-order valence-corrected chi connectivity index (χ1v) is 34.2. The van der Waals surface area contributed by atoms with Gasteiger partial charge in [0.1, 0.15) is 31.4 Å². The van der Waals surface area contributed by atoms with Crippen molar-refractivity contribution in [3.63, 3.8) is 0 Å². The number of H-pyrrole nitrogens is 1. The number of ketones is 3. The van der Waals surface area contributed by atoms with Gasteiger partial charge in [0.2, 0.25) is 27.7 Å². The summed E-state index contributed by atoms with van der Waals surface area (Å²) in [5.74, 6) is -12.0. The summed E-state index contributed by atoms with van der Waals surface area (Å²) < 4.78 is 109. The van der Waals surface area contributed by atoms with Gasteiger partial charge in [-0.15, -0.1) is 0 Å². The molecular weight excluding hydrogens is 1310 g/mol. The highest BCUT2D eigenvalue weighted by molar-refractivity contribution is 7.89. The number of primary amides is 1. The number of rotatable bonds is 57. The number of Topliss-reactive ketones (excluding diaryl/α,β-unsaturated/α-hetero) is 3. The van der Waals surface area contributed by atoms with Gasteiger partial charge in [-0.05, 0) is 93.6 Å². The smallest absolute Gasteiger partial charge is 0.307 e. The maximum atomic E-state index is 14.8. The molecule has 0 radical (unpaired) electrons. The number of amides is 3. The van der Waals surface area contributed by atoms with E-state index < -0.39 is 144 Å². The van der Waals surface area contributed by atoms with Crippen LogP contribution in [0.1, 0.15) is 83.3 Å². The van der Waals surface area contributed by atoms with Gasteiger partial charge in [0.25, 0.3) is 0 Å². The fraction of sp³-hybridized carbons (Fsp3) is 0.574. The number of sulfonamides is 1. The zero-order chi connectivity index (χ0) is 71.3. The minimum absolute atomic E-state index is 0.00552. The molecule has 4 rings (SSSR count). The molecule has 6 N–H and O–H groups in total. The van der Waals surface area contributed by atoms with E-state index in [1.807, 2.05) is 20.8 Å². The highest BCUT2D eigenvalue weighted by atomic mass is 32.2. The van der Waals surface area contributed by atoms with Crippen molar-refractivity contribution >= 4 is 73.9 Å². The topological polar surface area (TPSA) is 376 Å². The second-order valence-corrected chi connectivity index (χ2v) is 23.9. The van der Waals surface area contributed by atoms with E-state index in [0.717, 1.165) is 6.07 Å². The first-order valence-electron chi connectivity index (χ1n) is 32.8. The summed E-state index contributed by atoms with van der Waals surface area (Å²) in [5.41, 5.74) is 7.38. The maximum Gasteiger partial charge on any atom is 0.307 e. The Bertz CT molecular complexity index is 3190. The molecule has 0 bridgehead atoms. The lowest BCUT2D eigenvalue weighted by atomic mass is 9.89. The average molecular weight is 1400 g/mol. The fourth-order valence-corrected chi connectivity index (χ4v) is 11.0. The molecule has 0 fully saturated rings. The Morgan fingerprint density at radius 2 is 1.03 bits per heavy atom. The van der Waals surface area contributed by atoms with Crippen LogP contribution in [-0.4, -0.2) is 218 Å². The van der Waals surface area contributed by atoms with Gasteiger partial charge in [-0.2, -0.15) is 0 Å². The molecule has 544 valence electrons. The van der Waals surface area contributed by atoms with Gasteiger partial charge in [0.15, 0.2) is 17.3 Å². The molecule has 3 amide bonds. The molecule has 3 aromatic carbocycles. The number of halogens is 1. The second-order valence-electron chi connectivity index (χ2n) is 22.2. The van der Waals surface area contributed by atoms with Crippen molar-refractivity contribution in [2.24, 2.45) is 23.5 Å². The molecule has 0 unspecified atom stereocenters. The van der Waals surface area contributed by atoms with Crippen molar-refractivity contribution in [1.29, 1.82) is 0 Å². The van der Waals surface area contributed by atoms with E-state index >= 15 is 0 Å². The number of hydrogen-bond acceptors (Lipinski definition) is 23. The van der Waals surface area contributed by atoms with E-state index in [1.165, 1.54) is 49.6 Å². The van der Waals surface area contributed by atoms with Crippen LogP contribution in [0.4, 0.5) is 4.39 Å². The third-order valence-corrected chi connectivity index (χ3v) is 16.4. The molecule has 0 saturated heterocycles. The number of aromatic amines is 1. The van der Waals surface area contributed by atoms with Crippen molar-refractivity contribution in [2.45, 2.75) is 102 Å². The number of carbonyl (C=O) groups is 9. The molecule has 5 atom stereocenters. The van der Waals surface area contributed by atoms with E-state index in [4.69, 9.17) is 62.6 Å². The summed E-state index contributed by atoms with van der Waals surface area (Å²) in [4.78, 5) is 127. The normalized spacial score (nSPS) is 13.0. The Morgan fingerprint density at radius 3 is 1.56 bits per heavy atom. The van der Waals surface area contributed by atoms with E-state index in [9.17, 15) is 56.0 Å². The number of benzene rings is 3. The third kappa shape index (κ3) is 33.7. The minimum atomic E-state index is -4.58. The molecule has 98 heavy (non-hydrogen) atoms. The first kappa shape index (κ1) is 82.8. The standard InChI is InChI=1S/C68H96FN5O23S/c1-5-87-23-26-90-29-31-93-34-37-95-63(78)21-15-49(66(70)81)43-61(76)59(42-52-46-71-58-14-9-8-13-57(52)58)73-68(83)51(39-48-11-10-12-53(69)40-48)41-54(75)47-72-67(82)50(16-22-64(79)96-36-33-92-28-25-89-7-3)44-62(77)60(74-98(84,85)56-19-17-55(86-4)18-20-56)45-65(80)97-38-35-94-32-30-91-27-24-88-6-2/h8-14,17-20,40,46,49-51,59-60,71,74H,5-7,15-16,21-39,41-45,47H2,1-4H3,(H2,70,81)(H,72,82)(H,73,83)/t49-,50-,51-,59+,60-/m1/s1. The number of hydrogen-bond donors (Lipinski definition) is 5. The molecule has 0 spiro atoms. The lowest BCUT2D eigenvalue weighted by Crippen LogP contribution is -2.47. The number of ether oxygens (including phenoxy) is 12. The molecule has 0 saturated carbocycles. The number of fused-ring (bicyclic) bond motifs is 1. The average Bonchev–Trinajstić information content (AvgIpc) is 1.52. The summed E-state index contributed by atoms with van der Waals surface area (Å²) in [6.45, 7) is 8.80. The molecule has 4 aromatic rings. The Balaban J connectivity index is 1.55. The molecule has 28 nitrogen and oxygen atoms in total. The molecule has 0 aliphatic heterocycles. The van der Waals surface area contributed by atoms with Gasteiger partial charge in [-0.25, -0.2) is 17.5 Å². The monoisotopic (exact) mass is 1400 g/mol. The lowest BCUT2D eigenvalue weighted by Gasteiger charge is -2.24. The number of carbonyl (C=O) groups excluding carboxylic acids is 9. The van der Waals surface area contributed by atoms with Crippen molar-refractivity contribution in [1.82, 2.24) is 20.3 Å². The summed E-state index contributed by atoms with van der Waals surface area (Å²) in [7, 11) is -3.21. The molecule has 1 aromatic heterocycles. The number of esters is 3. The van der Waals surface area contributed by atoms with E-state index in [1.54, 1.807) is 30.5 Å². The van der Waals surface area contributed by atoms with Gasteiger partial charge in [-0.1, -0.05) is 30.3 Å². The predicted octanol–water partition coefficient (Wildman–Crippen LogP) is 4.03. The zero-order valence-electron chi connectivity index (χ0n) is 56.4. The minimum Gasteiger partial charge on any atom is -0.497 e. The number of nitrogens with two attached hydrogens (primary N) is 1. The van der Waals surface area contributed by atoms with Gasteiger partial charge >= 0.3 is 17.9 Å². The third-order valence-electron chi connectivity index (χ3n) is 14.9. The molecule has 30 heteroatoms. The quantitative estimate of drug-likeness (QED) is 0.0237. The summed E-state index contributed by atoms with van der Waals surface area (Å²) in [5, 5.41) is 5.96. The molecule has 0 aliphatic rings. The van der Waals surface area contributed by atoms with Crippen molar-refractivity contribution in [3.05, 3.63) is 95.9 Å². The zero-order valence-corrected chi connectivity index (χ0v) is 57.2. The molecule has 0 aliphatic carbocycles. The van der Waals surface area contributed by atoms with Gasteiger partial charge in [0, 0.05) is 93.2 Å². The predicted molar refractivity (Wildman–Crippen MR) is 352 cm³/mol. The van der Waals surface area contributed by atoms with Crippen LogP contribution in [0.2, 0.25) is 0 Å². The second kappa shape index (κ2) is 48.2. The van der Waals surface area contributed by atoms with Crippen molar-refractivity contribution in [3.8, 4) is 5.75 Å². The van der Waals surface area contributed by atoms with Crippen molar-refractivity contribution < 1.29 is 113 Å². The van der Waals surface area contributed by atoms with Crippen LogP contribution in [0.5, 0.6) is 5.75 Å². The Labute approximate surface area is 571 Å². The molecule has 1 heterocycles. The fourth-order valence-electron chi connectivity index (χ4n) is 9.74. The van der Waals surface area contributed by atoms with Crippen LogP contribution in [0.25, 0.3) is 10.9 Å². The maximum absolute atomic E-state index is 14.8.